The van der Waals surface area contributed by atoms with Crippen LogP contribution in [0.2, 0.25) is 0 Å². The smallest absolute Gasteiger partial charge is 0.180 e. The summed E-state index contributed by atoms with van der Waals surface area (Å²) in [6, 6.07) is 14.4. The van der Waals surface area contributed by atoms with E-state index < -0.39 is 0 Å². The van der Waals surface area contributed by atoms with Crippen LogP contribution >= 0.6 is 0 Å². The zero-order valence-electron chi connectivity index (χ0n) is 17.1. The predicted molar refractivity (Wildman–Crippen MR) is 124 cm³/mol. The van der Waals surface area contributed by atoms with Gasteiger partial charge in [-0.25, -0.2) is 9.97 Å². The molecule has 7 heteroatoms. The Morgan fingerprint density at radius 3 is 2.71 bits per heavy atom. The van der Waals surface area contributed by atoms with Crippen LogP contribution in [0.1, 0.15) is 29.9 Å². The number of aromatic nitrogens is 3. The Balaban J connectivity index is 1.49. The number of hydrogen-bond donors (Lipinski definition) is 3. The molecule has 2 aromatic heterocycles. The minimum atomic E-state index is 0.572. The van der Waals surface area contributed by atoms with E-state index in [9.17, 15) is 0 Å². The standard InChI is InChI=1S/C24H24N6O/c25-14-19(15-26)18-3-6-21-22(13-18)30-10-9-27-24(30)23(29-21)28-20-4-1-16(2-5-20)17-7-11-31-12-8-17/h1-6,9-10,13-15,17,25H,7-8,11-12,26H2,(H,28,29)/b19-15+,25-14?. The van der Waals surface area contributed by atoms with Gasteiger partial charge in [0.05, 0.1) is 11.0 Å². The SMILES string of the molecule is N=C/C(=C\N)c1ccc2nc(Nc3ccc(C4CCOCC4)cc3)c3nccn3c2c1. The van der Waals surface area contributed by atoms with Crippen LogP contribution in [-0.2, 0) is 4.74 Å². The lowest BCUT2D eigenvalue weighted by molar-refractivity contribution is 0.0853. The first-order valence-electron chi connectivity index (χ1n) is 10.4. The Bertz CT molecular complexity index is 1270. The molecule has 2 aromatic carbocycles. The number of fused-ring (bicyclic) bond motifs is 3. The molecule has 0 atom stereocenters. The number of nitrogens with one attached hydrogen (secondary N) is 2. The second kappa shape index (κ2) is 8.20. The lowest BCUT2D eigenvalue weighted by Crippen LogP contribution is -2.13. The van der Waals surface area contributed by atoms with E-state index in [1.54, 1.807) is 6.20 Å². The average molecular weight is 412 g/mol. The monoisotopic (exact) mass is 412 g/mol. The third kappa shape index (κ3) is 3.64. The van der Waals surface area contributed by atoms with E-state index >= 15 is 0 Å². The molecule has 156 valence electrons. The van der Waals surface area contributed by atoms with E-state index in [1.165, 1.54) is 18.0 Å². The van der Waals surface area contributed by atoms with Crippen LogP contribution in [0, 0.1) is 5.41 Å². The van der Waals surface area contributed by atoms with Gasteiger partial charge in [-0.1, -0.05) is 18.2 Å². The van der Waals surface area contributed by atoms with Gasteiger partial charge >= 0.3 is 0 Å². The van der Waals surface area contributed by atoms with Crippen molar-refractivity contribution in [2.24, 2.45) is 5.73 Å². The molecular weight excluding hydrogens is 388 g/mol. The van der Waals surface area contributed by atoms with Gasteiger partial charge < -0.3 is 21.2 Å². The Hall–Kier alpha value is -3.71. The quantitative estimate of drug-likeness (QED) is 0.420. The minimum absolute atomic E-state index is 0.572. The van der Waals surface area contributed by atoms with Crippen LogP contribution in [0.5, 0.6) is 0 Å². The molecule has 5 rings (SSSR count). The van der Waals surface area contributed by atoms with Gasteiger partial charge in [-0.2, -0.15) is 0 Å². The van der Waals surface area contributed by atoms with Crippen LogP contribution in [0.3, 0.4) is 0 Å². The van der Waals surface area contributed by atoms with Gasteiger partial charge in [-0.05, 0) is 54.2 Å². The van der Waals surface area contributed by atoms with Crippen LogP contribution in [-0.4, -0.2) is 33.8 Å². The maximum atomic E-state index is 7.55. The third-order valence-electron chi connectivity index (χ3n) is 5.85. The van der Waals surface area contributed by atoms with E-state index in [4.69, 9.17) is 20.9 Å². The Labute approximate surface area is 180 Å². The first kappa shape index (κ1) is 19.3. The van der Waals surface area contributed by atoms with Crippen molar-refractivity contribution < 1.29 is 4.74 Å². The molecule has 4 N–H and O–H groups in total. The van der Waals surface area contributed by atoms with Gasteiger partial charge in [0.25, 0.3) is 0 Å². The number of anilines is 2. The third-order valence-corrected chi connectivity index (χ3v) is 5.85. The summed E-state index contributed by atoms with van der Waals surface area (Å²) in [5.74, 6) is 1.27. The van der Waals surface area contributed by atoms with Gasteiger partial charge in [-0.15, -0.1) is 0 Å². The molecule has 0 radical (unpaired) electrons. The van der Waals surface area contributed by atoms with E-state index in [2.05, 4.69) is 34.6 Å². The number of imidazole rings is 1. The summed E-state index contributed by atoms with van der Waals surface area (Å²) in [5.41, 5.74) is 12.0. The molecule has 1 saturated heterocycles. The molecule has 1 fully saturated rings. The molecule has 31 heavy (non-hydrogen) atoms. The summed E-state index contributed by atoms with van der Waals surface area (Å²) in [4.78, 5) is 9.33. The van der Waals surface area contributed by atoms with Crippen molar-refractivity contribution in [3.8, 4) is 0 Å². The molecule has 0 saturated carbocycles. The van der Waals surface area contributed by atoms with Crippen molar-refractivity contribution >= 4 is 40.0 Å². The van der Waals surface area contributed by atoms with E-state index in [1.807, 2.05) is 28.8 Å². The first-order chi connectivity index (χ1) is 15.3. The Morgan fingerprint density at radius 1 is 1.16 bits per heavy atom. The zero-order valence-corrected chi connectivity index (χ0v) is 17.1. The van der Waals surface area contributed by atoms with Gasteiger partial charge in [0.1, 0.15) is 0 Å². The fourth-order valence-corrected chi connectivity index (χ4v) is 4.15. The normalized spacial score (nSPS) is 15.4. The van der Waals surface area contributed by atoms with Crippen LogP contribution in [0.15, 0.2) is 61.1 Å². The van der Waals surface area contributed by atoms with Gasteiger partial charge in [0.15, 0.2) is 11.5 Å². The summed E-state index contributed by atoms with van der Waals surface area (Å²) in [6.07, 6.45) is 8.52. The van der Waals surface area contributed by atoms with E-state index in [-0.39, 0.29) is 0 Å². The second-order valence-corrected chi connectivity index (χ2v) is 7.68. The molecule has 0 aliphatic carbocycles. The van der Waals surface area contributed by atoms with Crippen LogP contribution < -0.4 is 11.1 Å². The summed E-state index contributed by atoms with van der Waals surface area (Å²) in [7, 11) is 0. The number of nitrogens with zero attached hydrogens (tertiary/aromatic N) is 3. The summed E-state index contributed by atoms with van der Waals surface area (Å²) in [5, 5.41) is 11.0. The highest BCUT2D eigenvalue weighted by Gasteiger charge is 2.16. The lowest BCUT2D eigenvalue weighted by Gasteiger charge is -2.22. The number of benzene rings is 2. The van der Waals surface area contributed by atoms with Crippen LogP contribution in [0.25, 0.3) is 22.3 Å². The van der Waals surface area contributed by atoms with Gasteiger partial charge in [0.2, 0.25) is 0 Å². The fraction of sp³-hybridized carbons (Fsp3) is 0.208. The highest BCUT2D eigenvalue weighted by Crippen LogP contribution is 2.29. The Kier molecular flexibility index (Phi) is 5.09. The molecule has 0 amide bonds. The number of rotatable bonds is 5. The van der Waals surface area contributed by atoms with Crippen molar-refractivity contribution in [1.29, 1.82) is 5.41 Å². The van der Waals surface area contributed by atoms with Gasteiger partial charge in [-0.3, -0.25) is 4.40 Å². The summed E-state index contributed by atoms with van der Waals surface area (Å²) < 4.78 is 7.48. The zero-order chi connectivity index (χ0) is 21.2. The predicted octanol–water partition coefficient (Wildman–Crippen LogP) is 4.47. The average Bonchev–Trinajstić information content (AvgIpc) is 3.32. The molecule has 0 spiro atoms. The van der Waals surface area contributed by atoms with Crippen molar-refractivity contribution in [3.05, 3.63) is 72.2 Å². The van der Waals surface area contributed by atoms with Gasteiger partial charge in [0, 0.05) is 49.3 Å². The maximum absolute atomic E-state index is 7.55. The van der Waals surface area contributed by atoms with Crippen LogP contribution in [0.4, 0.5) is 11.5 Å². The minimum Gasteiger partial charge on any atom is -0.404 e. The van der Waals surface area contributed by atoms with Crippen molar-refractivity contribution in [2.45, 2.75) is 18.8 Å². The highest BCUT2D eigenvalue weighted by atomic mass is 16.5. The molecule has 1 aliphatic rings. The second-order valence-electron chi connectivity index (χ2n) is 7.68. The summed E-state index contributed by atoms with van der Waals surface area (Å²) in [6.45, 7) is 1.68. The molecule has 1 aliphatic heterocycles. The number of allylic oxidation sites excluding steroid dienone is 1. The van der Waals surface area contributed by atoms with E-state index in [0.29, 0.717) is 17.3 Å². The lowest BCUT2D eigenvalue weighted by atomic mass is 9.92. The first-order valence-corrected chi connectivity index (χ1v) is 10.4. The number of nitrogens with two attached hydrogens (primary N) is 1. The van der Waals surface area contributed by atoms with Crippen molar-refractivity contribution in [2.75, 3.05) is 18.5 Å². The topological polar surface area (TPSA) is 101 Å². The molecule has 7 nitrogen and oxygen atoms in total. The Morgan fingerprint density at radius 2 is 1.97 bits per heavy atom. The largest absolute Gasteiger partial charge is 0.404 e. The highest BCUT2D eigenvalue weighted by molar-refractivity contribution is 6.09. The fourth-order valence-electron chi connectivity index (χ4n) is 4.15. The molecule has 0 unspecified atom stereocenters. The van der Waals surface area contributed by atoms with Crippen molar-refractivity contribution in [1.82, 2.24) is 14.4 Å². The maximum Gasteiger partial charge on any atom is 0.180 e. The number of ether oxygens (including phenoxy) is 1. The molecule has 4 aromatic rings. The molecule has 3 heterocycles. The number of hydrogen-bond acceptors (Lipinski definition) is 6. The molecular formula is C24H24N6O. The summed E-state index contributed by atoms with van der Waals surface area (Å²) >= 11 is 0. The molecule has 0 bridgehead atoms. The van der Waals surface area contributed by atoms with Crippen molar-refractivity contribution in [3.63, 3.8) is 0 Å². The van der Waals surface area contributed by atoms with E-state index in [0.717, 1.165) is 54.0 Å².